The molecule has 0 aliphatic carbocycles. The average molecular weight is 317 g/mol. The molecule has 3 rings (SSSR count). The number of hydrogen-bond acceptors (Lipinski definition) is 1. The number of nitrogens with zero attached hydrogens (tertiary/aromatic N) is 3. The highest BCUT2D eigenvalue weighted by molar-refractivity contribution is 5.88. The van der Waals surface area contributed by atoms with Crippen molar-refractivity contribution in [2.24, 2.45) is 7.05 Å². The first-order chi connectivity index (χ1) is 10.7. The van der Waals surface area contributed by atoms with Crippen LogP contribution in [0, 0.1) is 6.92 Å². The van der Waals surface area contributed by atoms with Crippen molar-refractivity contribution in [3.05, 3.63) is 41.9 Å². The van der Waals surface area contributed by atoms with E-state index in [-0.39, 0.29) is 11.1 Å². The SMILES string of the molecule is Cc1cc2cc(-c3cnn(C)c3)c(C(F)F)cc2n1C(C)(C)C. The molecule has 122 valence electrons. The number of aromatic nitrogens is 3. The number of hydrogen-bond donors (Lipinski definition) is 0. The van der Waals surface area contributed by atoms with Gasteiger partial charge in [0.2, 0.25) is 0 Å². The standard InChI is InChI=1S/C18H21F2N3/c1-11-6-12-7-14(13-9-21-22(5)10-13)15(17(19)20)8-16(12)23(11)18(2,3)4/h6-10,17H,1-5H3. The van der Waals surface area contributed by atoms with Crippen LogP contribution in [0.5, 0.6) is 0 Å². The van der Waals surface area contributed by atoms with E-state index in [1.807, 2.05) is 13.0 Å². The number of halogens is 2. The number of alkyl halides is 2. The molecule has 0 N–H and O–H groups in total. The largest absolute Gasteiger partial charge is 0.340 e. The molecule has 0 amide bonds. The Bertz CT molecular complexity index is 866. The van der Waals surface area contributed by atoms with Gasteiger partial charge in [0.1, 0.15) is 0 Å². The first kappa shape index (κ1) is 15.7. The number of fused-ring (bicyclic) bond motifs is 1. The van der Waals surface area contributed by atoms with E-state index in [9.17, 15) is 8.78 Å². The number of aryl methyl sites for hydroxylation is 2. The van der Waals surface area contributed by atoms with Crippen LogP contribution in [-0.2, 0) is 12.6 Å². The van der Waals surface area contributed by atoms with Crippen LogP contribution in [0.4, 0.5) is 8.78 Å². The Balaban J connectivity index is 2.33. The molecule has 1 aromatic carbocycles. The molecule has 0 unspecified atom stereocenters. The zero-order chi connectivity index (χ0) is 16.9. The highest BCUT2D eigenvalue weighted by atomic mass is 19.3. The van der Waals surface area contributed by atoms with Gasteiger partial charge in [-0.15, -0.1) is 0 Å². The van der Waals surface area contributed by atoms with Crippen LogP contribution >= 0.6 is 0 Å². The second-order valence-corrected chi connectivity index (χ2v) is 6.99. The molecule has 0 fully saturated rings. The molecule has 0 atom stereocenters. The first-order valence-corrected chi connectivity index (χ1v) is 7.62. The van der Waals surface area contributed by atoms with Gasteiger partial charge in [-0.25, -0.2) is 8.78 Å². The van der Waals surface area contributed by atoms with Gasteiger partial charge in [-0.3, -0.25) is 4.68 Å². The maximum absolute atomic E-state index is 13.6. The fourth-order valence-corrected chi connectivity index (χ4v) is 3.29. The van der Waals surface area contributed by atoms with Crippen molar-refractivity contribution < 1.29 is 8.78 Å². The minimum absolute atomic E-state index is 0.0501. The summed E-state index contributed by atoms with van der Waals surface area (Å²) in [5.74, 6) is 0. The molecule has 0 radical (unpaired) electrons. The molecule has 3 aromatic rings. The zero-order valence-electron chi connectivity index (χ0n) is 14.1. The summed E-state index contributed by atoms with van der Waals surface area (Å²) in [6.07, 6.45) is 0.861. The minimum atomic E-state index is -2.53. The van der Waals surface area contributed by atoms with Crippen molar-refractivity contribution in [3.8, 4) is 11.1 Å². The Morgan fingerprint density at radius 3 is 2.35 bits per heavy atom. The van der Waals surface area contributed by atoms with E-state index >= 15 is 0 Å². The van der Waals surface area contributed by atoms with Crippen LogP contribution in [0.25, 0.3) is 22.0 Å². The van der Waals surface area contributed by atoms with Gasteiger partial charge in [0.25, 0.3) is 6.43 Å². The van der Waals surface area contributed by atoms with Crippen molar-refractivity contribution in [1.29, 1.82) is 0 Å². The fourth-order valence-electron chi connectivity index (χ4n) is 3.29. The van der Waals surface area contributed by atoms with Gasteiger partial charge < -0.3 is 4.57 Å². The third kappa shape index (κ3) is 2.64. The average Bonchev–Trinajstić information content (AvgIpc) is 2.98. The summed E-state index contributed by atoms with van der Waals surface area (Å²) in [7, 11) is 1.78. The summed E-state index contributed by atoms with van der Waals surface area (Å²) >= 11 is 0. The molecule has 2 heterocycles. The first-order valence-electron chi connectivity index (χ1n) is 7.62. The molecule has 0 bridgehead atoms. The van der Waals surface area contributed by atoms with Crippen LogP contribution in [0.3, 0.4) is 0 Å². The molecule has 23 heavy (non-hydrogen) atoms. The fraction of sp³-hybridized carbons (Fsp3) is 0.389. The quantitative estimate of drug-likeness (QED) is 0.649. The summed E-state index contributed by atoms with van der Waals surface area (Å²) in [6, 6.07) is 5.53. The monoisotopic (exact) mass is 317 g/mol. The lowest BCUT2D eigenvalue weighted by Gasteiger charge is -2.25. The number of rotatable bonds is 2. The van der Waals surface area contributed by atoms with Crippen molar-refractivity contribution in [3.63, 3.8) is 0 Å². The smallest absolute Gasteiger partial charge is 0.264 e. The maximum atomic E-state index is 13.6. The van der Waals surface area contributed by atoms with Crippen LogP contribution in [0.15, 0.2) is 30.6 Å². The van der Waals surface area contributed by atoms with Crippen molar-refractivity contribution in [1.82, 2.24) is 14.3 Å². The topological polar surface area (TPSA) is 22.8 Å². The summed E-state index contributed by atoms with van der Waals surface area (Å²) in [4.78, 5) is 0. The highest BCUT2D eigenvalue weighted by Crippen LogP contribution is 2.37. The third-order valence-corrected chi connectivity index (χ3v) is 4.08. The van der Waals surface area contributed by atoms with Gasteiger partial charge in [-0.2, -0.15) is 5.10 Å². The van der Waals surface area contributed by atoms with Gasteiger partial charge in [0.15, 0.2) is 0 Å². The second-order valence-electron chi connectivity index (χ2n) is 6.99. The molecule has 5 heteroatoms. The van der Waals surface area contributed by atoms with Crippen LogP contribution < -0.4 is 0 Å². The Labute approximate surface area is 134 Å². The molecule has 0 saturated heterocycles. The predicted molar refractivity (Wildman–Crippen MR) is 88.8 cm³/mol. The van der Waals surface area contributed by atoms with E-state index in [0.29, 0.717) is 11.1 Å². The molecular weight excluding hydrogens is 296 g/mol. The highest BCUT2D eigenvalue weighted by Gasteiger charge is 2.22. The Hall–Kier alpha value is -2.17. The van der Waals surface area contributed by atoms with Crippen molar-refractivity contribution in [2.75, 3.05) is 0 Å². The molecule has 3 nitrogen and oxygen atoms in total. The second kappa shape index (κ2) is 5.18. The normalized spacial score (nSPS) is 12.5. The van der Waals surface area contributed by atoms with Crippen LogP contribution in [0.2, 0.25) is 0 Å². The van der Waals surface area contributed by atoms with E-state index in [1.165, 1.54) is 0 Å². The van der Waals surface area contributed by atoms with Gasteiger partial charge in [-0.05, 0) is 51.5 Å². The van der Waals surface area contributed by atoms with Gasteiger partial charge in [0.05, 0.1) is 6.20 Å². The Morgan fingerprint density at radius 1 is 1.13 bits per heavy atom. The van der Waals surface area contributed by atoms with E-state index in [0.717, 1.165) is 16.6 Å². The van der Waals surface area contributed by atoms with Gasteiger partial charge in [-0.1, -0.05) is 0 Å². The molecule has 2 aromatic heterocycles. The lowest BCUT2D eigenvalue weighted by molar-refractivity contribution is 0.152. The Morgan fingerprint density at radius 2 is 1.83 bits per heavy atom. The van der Waals surface area contributed by atoms with Crippen molar-refractivity contribution >= 4 is 10.9 Å². The Kier molecular flexibility index (Phi) is 3.54. The van der Waals surface area contributed by atoms with E-state index in [1.54, 1.807) is 30.2 Å². The molecular formula is C18H21F2N3. The molecule has 0 saturated carbocycles. The lowest BCUT2D eigenvalue weighted by Crippen LogP contribution is -2.22. The summed E-state index contributed by atoms with van der Waals surface area (Å²) in [5.41, 5.74) is 3.06. The number of benzene rings is 1. The van der Waals surface area contributed by atoms with E-state index in [2.05, 4.69) is 36.5 Å². The third-order valence-electron chi connectivity index (χ3n) is 4.08. The van der Waals surface area contributed by atoms with Crippen LogP contribution in [0.1, 0.15) is 38.5 Å². The maximum Gasteiger partial charge on any atom is 0.264 e. The van der Waals surface area contributed by atoms with Crippen molar-refractivity contribution in [2.45, 2.75) is 39.7 Å². The molecule has 0 aliphatic heterocycles. The van der Waals surface area contributed by atoms with E-state index < -0.39 is 6.43 Å². The molecule has 0 spiro atoms. The zero-order valence-corrected chi connectivity index (χ0v) is 14.1. The van der Waals surface area contributed by atoms with E-state index in [4.69, 9.17) is 0 Å². The predicted octanol–water partition coefficient (Wildman–Crippen LogP) is 5.04. The van der Waals surface area contributed by atoms with Gasteiger partial charge in [0, 0.05) is 46.5 Å². The van der Waals surface area contributed by atoms with Crippen LogP contribution in [-0.4, -0.2) is 14.3 Å². The summed E-state index contributed by atoms with van der Waals surface area (Å²) in [5, 5.41) is 5.07. The summed E-state index contributed by atoms with van der Waals surface area (Å²) < 4.78 is 31.0. The molecule has 0 aliphatic rings. The lowest BCUT2D eigenvalue weighted by atomic mass is 10.00. The minimum Gasteiger partial charge on any atom is -0.340 e. The summed E-state index contributed by atoms with van der Waals surface area (Å²) in [6.45, 7) is 8.25. The van der Waals surface area contributed by atoms with Gasteiger partial charge >= 0.3 is 0 Å².